The number of carbonyl (C=O) groups excluding carboxylic acids is 1. The molecule has 0 radical (unpaired) electrons. The molecule has 0 aromatic carbocycles. The second-order valence-corrected chi connectivity index (χ2v) is 7.91. The van der Waals surface area contributed by atoms with E-state index in [0.29, 0.717) is 0 Å². The molecule has 2 atom stereocenters. The Labute approximate surface area is 163 Å². The minimum atomic E-state index is -1.01. The second-order valence-electron chi connectivity index (χ2n) is 7.91. The lowest BCUT2D eigenvalue weighted by molar-refractivity contribution is -0.158. The quantitative estimate of drug-likeness (QED) is 0.198. The molecule has 0 aromatic heterocycles. The summed E-state index contributed by atoms with van der Waals surface area (Å²) >= 11 is 0. The third-order valence-electron chi connectivity index (χ3n) is 5.13. The van der Waals surface area contributed by atoms with E-state index >= 15 is 0 Å². The molecule has 0 aliphatic rings. The Morgan fingerprint density at radius 3 is 1.38 bits per heavy atom. The first kappa shape index (κ1) is 25.4. The van der Waals surface area contributed by atoms with Crippen molar-refractivity contribution in [1.82, 2.24) is 0 Å². The van der Waals surface area contributed by atoms with E-state index in [2.05, 4.69) is 13.8 Å². The molecule has 0 unspecified atom stereocenters. The Bertz CT molecular complexity index is 302. The van der Waals surface area contributed by atoms with Crippen molar-refractivity contribution in [1.29, 1.82) is 0 Å². The molecule has 0 aromatic rings. The van der Waals surface area contributed by atoms with Gasteiger partial charge in [-0.15, -0.1) is 0 Å². The van der Waals surface area contributed by atoms with Crippen molar-refractivity contribution < 1.29 is 14.6 Å². The summed E-state index contributed by atoms with van der Waals surface area (Å²) in [4.78, 5) is 11.7. The number of aliphatic hydroxyl groups is 1. The number of esters is 1. The highest BCUT2D eigenvalue weighted by Crippen LogP contribution is 2.17. The van der Waals surface area contributed by atoms with Crippen LogP contribution in [0.15, 0.2) is 0 Å². The molecule has 0 rings (SSSR count). The Morgan fingerprint density at radius 1 is 0.692 bits per heavy atom. The van der Waals surface area contributed by atoms with Crippen LogP contribution in [0.3, 0.4) is 0 Å². The first-order valence-electron chi connectivity index (χ1n) is 11.5. The van der Waals surface area contributed by atoms with Crippen LogP contribution in [0.25, 0.3) is 0 Å². The summed E-state index contributed by atoms with van der Waals surface area (Å²) in [6.07, 6.45) is 20.2. The van der Waals surface area contributed by atoms with Crippen molar-refractivity contribution in [2.75, 3.05) is 0 Å². The summed E-state index contributed by atoms with van der Waals surface area (Å²) in [5.74, 6) is -0.461. The lowest BCUT2D eigenvalue weighted by Crippen LogP contribution is -2.26. The molecule has 0 heterocycles. The van der Waals surface area contributed by atoms with Crippen LogP contribution in [-0.4, -0.2) is 23.3 Å². The van der Waals surface area contributed by atoms with Crippen LogP contribution < -0.4 is 0 Å². The number of ether oxygens (including phenoxy) is 1. The predicted octanol–water partition coefficient (Wildman–Crippen LogP) is 6.95. The van der Waals surface area contributed by atoms with Crippen LogP contribution >= 0.6 is 0 Å². The number of rotatable bonds is 19. The predicted molar refractivity (Wildman–Crippen MR) is 111 cm³/mol. The number of aliphatic hydroxyl groups excluding tert-OH is 1. The van der Waals surface area contributed by atoms with Crippen molar-refractivity contribution >= 4 is 5.97 Å². The molecule has 156 valence electrons. The Kier molecular flexibility index (Phi) is 18.8. The van der Waals surface area contributed by atoms with Gasteiger partial charge in [0.1, 0.15) is 12.2 Å². The minimum Gasteiger partial charge on any atom is -0.460 e. The van der Waals surface area contributed by atoms with E-state index in [1.165, 1.54) is 90.4 Å². The molecule has 0 saturated carbocycles. The van der Waals surface area contributed by atoms with Crippen LogP contribution in [0, 0.1) is 0 Å². The molecule has 3 heteroatoms. The molecule has 3 nitrogen and oxygen atoms in total. The standard InChI is InChI=1S/C23H46O3/c1-4-6-8-10-12-13-14-16-18-20-22(26-23(25)21(3)24)19-17-15-11-9-7-5-2/h21-22,24H,4-20H2,1-3H3/t21-,22+/m0/s1. The molecule has 1 N–H and O–H groups in total. The van der Waals surface area contributed by atoms with Gasteiger partial charge in [-0.05, 0) is 32.6 Å². The number of carbonyl (C=O) groups is 1. The first-order valence-corrected chi connectivity index (χ1v) is 11.5. The van der Waals surface area contributed by atoms with Gasteiger partial charge in [-0.1, -0.05) is 97.3 Å². The molecule has 26 heavy (non-hydrogen) atoms. The zero-order valence-corrected chi connectivity index (χ0v) is 17.9. The van der Waals surface area contributed by atoms with Gasteiger partial charge in [0.15, 0.2) is 0 Å². The van der Waals surface area contributed by atoms with Gasteiger partial charge in [-0.2, -0.15) is 0 Å². The normalized spacial score (nSPS) is 13.5. The Hall–Kier alpha value is -0.570. The van der Waals surface area contributed by atoms with E-state index < -0.39 is 12.1 Å². The molecule has 0 fully saturated rings. The van der Waals surface area contributed by atoms with Gasteiger partial charge in [-0.25, -0.2) is 4.79 Å². The summed E-state index contributed by atoms with van der Waals surface area (Å²) in [6, 6.07) is 0. The zero-order valence-electron chi connectivity index (χ0n) is 17.9. The molecular weight excluding hydrogens is 324 g/mol. The molecule has 0 aliphatic heterocycles. The van der Waals surface area contributed by atoms with Crippen molar-refractivity contribution in [3.05, 3.63) is 0 Å². The maximum atomic E-state index is 11.7. The molecule has 0 saturated heterocycles. The van der Waals surface area contributed by atoms with E-state index in [4.69, 9.17) is 4.74 Å². The van der Waals surface area contributed by atoms with Crippen LogP contribution in [0.2, 0.25) is 0 Å². The monoisotopic (exact) mass is 370 g/mol. The van der Waals surface area contributed by atoms with Gasteiger partial charge in [0, 0.05) is 0 Å². The van der Waals surface area contributed by atoms with E-state index in [0.717, 1.165) is 25.7 Å². The average molecular weight is 371 g/mol. The van der Waals surface area contributed by atoms with Gasteiger partial charge in [0.2, 0.25) is 0 Å². The van der Waals surface area contributed by atoms with Crippen molar-refractivity contribution in [2.45, 2.75) is 142 Å². The SMILES string of the molecule is CCCCCCCCCCC[C@@H](CCCCCCCC)OC(=O)[C@H](C)O. The number of hydrogen-bond acceptors (Lipinski definition) is 3. The largest absolute Gasteiger partial charge is 0.460 e. The fourth-order valence-electron chi connectivity index (χ4n) is 3.36. The number of hydrogen-bond donors (Lipinski definition) is 1. The van der Waals surface area contributed by atoms with Crippen LogP contribution in [-0.2, 0) is 9.53 Å². The lowest BCUT2D eigenvalue weighted by Gasteiger charge is -2.19. The summed E-state index contributed by atoms with van der Waals surface area (Å²) in [6.45, 7) is 5.98. The fourth-order valence-corrected chi connectivity index (χ4v) is 3.36. The van der Waals surface area contributed by atoms with Crippen molar-refractivity contribution in [3.63, 3.8) is 0 Å². The maximum absolute atomic E-state index is 11.7. The van der Waals surface area contributed by atoms with Crippen molar-refractivity contribution in [2.24, 2.45) is 0 Å². The molecule has 0 spiro atoms. The highest BCUT2D eigenvalue weighted by Gasteiger charge is 2.17. The highest BCUT2D eigenvalue weighted by molar-refractivity contribution is 5.73. The molecule has 0 bridgehead atoms. The van der Waals surface area contributed by atoms with E-state index in [1.54, 1.807) is 0 Å². The lowest BCUT2D eigenvalue weighted by atomic mass is 10.0. The Morgan fingerprint density at radius 2 is 1.04 bits per heavy atom. The first-order chi connectivity index (χ1) is 12.6. The van der Waals surface area contributed by atoms with Gasteiger partial charge in [0.05, 0.1) is 0 Å². The van der Waals surface area contributed by atoms with E-state index in [-0.39, 0.29) is 6.10 Å². The maximum Gasteiger partial charge on any atom is 0.334 e. The van der Waals surface area contributed by atoms with Gasteiger partial charge in [0.25, 0.3) is 0 Å². The van der Waals surface area contributed by atoms with Crippen molar-refractivity contribution in [3.8, 4) is 0 Å². The third kappa shape index (κ3) is 16.9. The number of unbranched alkanes of at least 4 members (excludes halogenated alkanes) is 13. The summed E-state index contributed by atoms with van der Waals surface area (Å²) in [7, 11) is 0. The fraction of sp³-hybridized carbons (Fsp3) is 0.957. The molecule has 0 amide bonds. The molecular formula is C23H46O3. The summed E-state index contributed by atoms with van der Waals surface area (Å²) in [5, 5.41) is 9.39. The zero-order chi connectivity index (χ0) is 19.5. The van der Waals surface area contributed by atoms with Crippen LogP contribution in [0.1, 0.15) is 130 Å². The topological polar surface area (TPSA) is 46.5 Å². The van der Waals surface area contributed by atoms with Gasteiger partial charge >= 0.3 is 5.97 Å². The highest BCUT2D eigenvalue weighted by atomic mass is 16.6. The minimum absolute atomic E-state index is 0.00664. The average Bonchev–Trinajstić information content (AvgIpc) is 2.62. The van der Waals surface area contributed by atoms with E-state index in [1.807, 2.05) is 0 Å². The summed E-state index contributed by atoms with van der Waals surface area (Å²) in [5.41, 5.74) is 0. The van der Waals surface area contributed by atoms with Gasteiger partial charge in [-0.3, -0.25) is 0 Å². The van der Waals surface area contributed by atoms with Crippen LogP contribution in [0.5, 0.6) is 0 Å². The summed E-state index contributed by atoms with van der Waals surface area (Å²) < 4.78 is 5.52. The smallest absolute Gasteiger partial charge is 0.334 e. The Balaban J connectivity index is 3.84. The third-order valence-corrected chi connectivity index (χ3v) is 5.13. The molecule has 0 aliphatic carbocycles. The van der Waals surface area contributed by atoms with E-state index in [9.17, 15) is 9.90 Å². The van der Waals surface area contributed by atoms with Gasteiger partial charge < -0.3 is 9.84 Å². The van der Waals surface area contributed by atoms with Crippen LogP contribution in [0.4, 0.5) is 0 Å². The second kappa shape index (κ2) is 19.2.